The zero-order chi connectivity index (χ0) is 12.3. The molecule has 2 nitrogen and oxygen atoms in total. The number of nitrogen functional groups attached to an aromatic ring is 1. The van der Waals surface area contributed by atoms with Gasteiger partial charge in [0.2, 0.25) is 0 Å². The molecule has 2 heteroatoms. The van der Waals surface area contributed by atoms with Gasteiger partial charge in [0, 0.05) is 17.2 Å². The van der Waals surface area contributed by atoms with E-state index in [1.165, 1.54) is 0 Å². The Morgan fingerprint density at radius 3 is 2.41 bits per heavy atom. The standard InChI is InChI=1S/C15H15NO/c1-11(10-17)13-8-5-9-14(16)15(13)12-6-3-2-4-7-12/h2-11H,16H2,1H3. The number of hydrogen-bond donors (Lipinski definition) is 1. The Morgan fingerprint density at radius 1 is 1.06 bits per heavy atom. The van der Waals surface area contributed by atoms with Gasteiger partial charge >= 0.3 is 0 Å². The van der Waals surface area contributed by atoms with E-state index in [2.05, 4.69) is 0 Å². The van der Waals surface area contributed by atoms with E-state index in [4.69, 9.17) is 5.73 Å². The van der Waals surface area contributed by atoms with Crippen LogP contribution in [0.2, 0.25) is 0 Å². The molecule has 0 bridgehead atoms. The molecule has 0 aliphatic heterocycles. The van der Waals surface area contributed by atoms with Crippen molar-refractivity contribution in [3.8, 4) is 11.1 Å². The van der Waals surface area contributed by atoms with Crippen molar-refractivity contribution in [3.63, 3.8) is 0 Å². The SMILES string of the molecule is CC(C=O)c1cccc(N)c1-c1ccccc1. The predicted octanol–water partition coefficient (Wildman–Crippen LogP) is 3.24. The number of nitrogens with two attached hydrogens (primary N) is 1. The van der Waals surface area contributed by atoms with Crippen LogP contribution in [0.5, 0.6) is 0 Å². The van der Waals surface area contributed by atoms with E-state index in [-0.39, 0.29) is 5.92 Å². The van der Waals surface area contributed by atoms with Gasteiger partial charge < -0.3 is 10.5 Å². The molecular weight excluding hydrogens is 210 g/mol. The van der Waals surface area contributed by atoms with Crippen LogP contribution in [0.1, 0.15) is 18.4 Å². The first-order chi connectivity index (χ1) is 8.24. The molecule has 0 aromatic heterocycles. The van der Waals surface area contributed by atoms with Gasteiger partial charge in [0.05, 0.1) is 0 Å². The average molecular weight is 225 g/mol. The maximum Gasteiger partial charge on any atom is 0.127 e. The summed E-state index contributed by atoms with van der Waals surface area (Å²) in [5.41, 5.74) is 9.73. The van der Waals surface area contributed by atoms with Crippen LogP contribution in [0.25, 0.3) is 11.1 Å². The first-order valence-corrected chi connectivity index (χ1v) is 5.63. The van der Waals surface area contributed by atoms with Gasteiger partial charge in [-0.15, -0.1) is 0 Å². The maximum absolute atomic E-state index is 11.0. The summed E-state index contributed by atoms with van der Waals surface area (Å²) in [5.74, 6) is -0.145. The van der Waals surface area contributed by atoms with Gasteiger partial charge in [-0.25, -0.2) is 0 Å². The molecule has 0 heterocycles. The van der Waals surface area contributed by atoms with E-state index in [0.29, 0.717) is 5.69 Å². The molecule has 17 heavy (non-hydrogen) atoms. The molecule has 0 spiro atoms. The van der Waals surface area contributed by atoms with Gasteiger partial charge in [-0.1, -0.05) is 49.4 Å². The summed E-state index contributed by atoms with van der Waals surface area (Å²) in [5, 5.41) is 0. The van der Waals surface area contributed by atoms with Crippen LogP contribution in [0.15, 0.2) is 48.5 Å². The Balaban J connectivity index is 2.63. The molecule has 2 aromatic carbocycles. The minimum Gasteiger partial charge on any atom is -0.398 e. The van der Waals surface area contributed by atoms with Gasteiger partial charge in [-0.05, 0) is 17.2 Å². The molecule has 0 aliphatic carbocycles. The Bertz CT molecular complexity index is 520. The molecule has 0 radical (unpaired) electrons. The van der Waals surface area contributed by atoms with Crippen LogP contribution >= 0.6 is 0 Å². The van der Waals surface area contributed by atoms with E-state index in [9.17, 15) is 4.79 Å². The van der Waals surface area contributed by atoms with Crippen molar-refractivity contribution in [1.29, 1.82) is 0 Å². The van der Waals surface area contributed by atoms with Crippen molar-refractivity contribution in [2.45, 2.75) is 12.8 Å². The van der Waals surface area contributed by atoms with Gasteiger partial charge in [-0.3, -0.25) is 0 Å². The number of carbonyl (C=O) groups is 1. The Kier molecular flexibility index (Phi) is 3.24. The molecule has 2 aromatic rings. The first-order valence-electron chi connectivity index (χ1n) is 5.63. The summed E-state index contributed by atoms with van der Waals surface area (Å²) in [4.78, 5) is 11.0. The molecule has 0 saturated carbocycles. The second-order valence-corrected chi connectivity index (χ2v) is 4.10. The number of anilines is 1. The van der Waals surface area contributed by atoms with Crippen LogP contribution in [-0.2, 0) is 4.79 Å². The Labute approximate surface area is 101 Å². The third-order valence-corrected chi connectivity index (χ3v) is 2.89. The number of aldehydes is 1. The molecule has 2 rings (SSSR count). The summed E-state index contributed by atoms with van der Waals surface area (Å²) in [6.45, 7) is 1.88. The summed E-state index contributed by atoms with van der Waals surface area (Å²) < 4.78 is 0. The van der Waals surface area contributed by atoms with Crippen LogP contribution in [0, 0.1) is 0 Å². The van der Waals surface area contributed by atoms with E-state index in [1.807, 2.05) is 55.5 Å². The van der Waals surface area contributed by atoms with Crippen LogP contribution in [-0.4, -0.2) is 6.29 Å². The van der Waals surface area contributed by atoms with Gasteiger partial charge in [0.15, 0.2) is 0 Å². The first kappa shape index (κ1) is 11.4. The highest BCUT2D eigenvalue weighted by atomic mass is 16.1. The molecular formula is C15H15NO. The predicted molar refractivity (Wildman–Crippen MR) is 70.8 cm³/mol. The fourth-order valence-corrected chi connectivity index (χ4v) is 1.98. The fraction of sp³-hybridized carbons (Fsp3) is 0.133. The summed E-state index contributed by atoms with van der Waals surface area (Å²) in [7, 11) is 0. The Hall–Kier alpha value is -2.09. The van der Waals surface area contributed by atoms with E-state index >= 15 is 0 Å². The second kappa shape index (κ2) is 4.83. The van der Waals surface area contributed by atoms with E-state index < -0.39 is 0 Å². The van der Waals surface area contributed by atoms with Crippen molar-refractivity contribution < 1.29 is 4.79 Å². The van der Waals surface area contributed by atoms with Gasteiger partial charge in [-0.2, -0.15) is 0 Å². The average Bonchev–Trinajstić information content (AvgIpc) is 2.38. The molecule has 86 valence electrons. The summed E-state index contributed by atoms with van der Waals surface area (Å²) in [6.07, 6.45) is 0.946. The minimum atomic E-state index is -0.145. The molecule has 1 unspecified atom stereocenters. The van der Waals surface area contributed by atoms with Crippen molar-refractivity contribution in [2.24, 2.45) is 0 Å². The Morgan fingerprint density at radius 2 is 1.76 bits per heavy atom. The number of benzene rings is 2. The van der Waals surface area contributed by atoms with Gasteiger partial charge in [0.25, 0.3) is 0 Å². The number of rotatable bonds is 3. The molecule has 1 atom stereocenters. The highest BCUT2D eigenvalue weighted by molar-refractivity contribution is 5.82. The van der Waals surface area contributed by atoms with Crippen LogP contribution in [0.4, 0.5) is 5.69 Å². The van der Waals surface area contributed by atoms with Crippen molar-refractivity contribution in [2.75, 3.05) is 5.73 Å². The fourth-order valence-electron chi connectivity index (χ4n) is 1.98. The minimum absolute atomic E-state index is 0.145. The highest BCUT2D eigenvalue weighted by Crippen LogP contribution is 2.33. The molecule has 0 aliphatic rings. The van der Waals surface area contributed by atoms with Crippen molar-refractivity contribution in [3.05, 3.63) is 54.1 Å². The lowest BCUT2D eigenvalue weighted by atomic mass is 9.91. The lowest BCUT2D eigenvalue weighted by Crippen LogP contribution is -2.01. The zero-order valence-electron chi connectivity index (χ0n) is 9.76. The van der Waals surface area contributed by atoms with Gasteiger partial charge in [0.1, 0.15) is 6.29 Å². The molecule has 0 saturated heterocycles. The molecule has 0 fully saturated rings. The van der Waals surface area contributed by atoms with Crippen molar-refractivity contribution in [1.82, 2.24) is 0 Å². The maximum atomic E-state index is 11.0. The number of hydrogen-bond acceptors (Lipinski definition) is 2. The molecule has 2 N–H and O–H groups in total. The second-order valence-electron chi connectivity index (χ2n) is 4.10. The highest BCUT2D eigenvalue weighted by Gasteiger charge is 2.13. The third-order valence-electron chi connectivity index (χ3n) is 2.89. The van der Waals surface area contributed by atoms with Crippen LogP contribution < -0.4 is 5.73 Å². The van der Waals surface area contributed by atoms with Crippen LogP contribution in [0.3, 0.4) is 0 Å². The normalized spacial score (nSPS) is 12.1. The topological polar surface area (TPSA) is 43.1 Å². The van der Waals surface area contributed by atoms with E-state index in [1.54, 1.807) is 0 Å². The van der Waals surface area contributed by atoms with E-state index in [0.717, 1.165) is 23.0 Å². The van der Waals surface area contributed by atoms with Crippen molar-refractivity contribution >= 4 is 12.0 Å². The zero-order valence-corrected chi connectivity index (χ0v) is 9.76. The number of carbonyl (C=O) groups excluding carboxylic acids is 1. The summed E-state index contributed by atoms with van der Waals surface area (Å²) in [6, 6.07) is 15.6. The molecule has 0 amide bonds. The smallest absolute Gasteiger partial charge is 0.127 e. The summed E-state index contributed by atoms with van der Waals surface area (Å²) >= 11 is 0. The monoisotopic (exact) mass is 225 g/mol. The lowest BCUT2D eigenvalue weighted by Gasteiger charge is -2.14. The third kappa shape index (κ3) is 2.21. The largest absolute Gasteiger partial charge is 0.398 e. The lowest BCUT2D eigenvalue weighted by molar-refractivity contribution is -0.108. The quantitative estimate of drug-likeness (QED) is 0.643.